The predicted octanol–water partition coefficient (Wildman–Crippen LogP) is 3.11. The summed E-state index contributed by atoms with van der Waals surface area (Å²) in [4.78, 5) is 41.8. The molecule has 8 heteroatoms. The lowest BCUT2D eigenvalue weighted by Gasteiger charge is -2.33. The summed E-state index contributed by atoms with van der Waals surface area (Å²) in [7, 11) is 0. The van der Waals surface area contributed by atoms with Crippen molar-refractivity contribution in [3.8, 4) is 11.5 Å². The first-order valence-corrected chi connectivity index (χ1v) is 11.4. The zero-order valence-corrected chi connectivity index (χ0v) is 18.7. The number of carbonyl (C=O) groups is 3. The normalized spacial score (nSPS) is 19.6. The number of urea groups is 1. The predicted molar refractivity (Wildman–Crippen MR) is 126 cm³/mol. The van der Waals surface area contributed by atoms with Crippen molar-refractivity contribution >= 4 is 17.8 Å². The van der Waals surface area contributed by atoms with Gasteiger partial charge in [0.15, 0.2) is 0 Å². The van der Waals surface area contributed by atoms with Crippen LogP contribution in [0.3, 0.4) is 0 Å². The first-order valence-electron chi connectivity index (χ1n) is 11.4. The molecule has 2 aromatic carbocycles. The molecule has 3 aliphatic rings. The third-order valence-electron chi connectivity index (χ3n) is 6.06. The summed E-state index contributed by atoms with van der Waals surface area (Å²) < 4.78 is 5.95. The number of ether oxygens (including phenoxy) is 1. The van der Waals surface area contributed by atoms with Crippen LogP contribution >= 0.6 is 0 Å². The van der Waals surface area contributed by atoms with Crippen molar-refractivity contribution in [3.05, 3.63) is 84.1 Å². The quantitative estimate of drug-likeness (QED) is 0.595. The van der Waals surface area contributed by atoms with E-state index in [1.54, 1.807) is 6.08 Å². The highest BCUT2D eigenvalue weighted by Gasteiger charge is 2.44. The van der Waals surface area contributed by atoms with E-state index in [0.29, 0.717) is 22.8 Å². The second-order valence-corrected chi connectivity index (χ2v) is 8.63. The molecule has 2 N–H and O–H groups in total. The van der Waals surface area contributed by atoms with Crippen molar-refractivity contribution in [2.24, 2.45) is 0 Å². The summed E-state index contributed by atoms with van der Waals surface area (Å²) in [5.74, 6) is 0.850. The minimum atomic E-state index is -0.646. The highest BCUT2D eigenvalue weighted by molar-refractivity contribution is 6.03. The second kappa shape index (κ2) is 9.05. The first-order chi connectivity index (χ1) is 16.5. The minimum Gasteiger partial charge on any atom is -0.457 e. The average molecular weight is 459 g/mol. The van der Waals surface area contributed by atoms with E-state index in [0.717, 1.165) is 18.4 Å². The smallest absolute Gasteiger partial charge is 0.322 e. The van der Waals surface area contributed by atoms with E-state index in [1.165, 1.54) is 9.80 Å². The fourth-order valence-corrected chi connectivity index (χ4v) is 4.30. The van der Waals surface area contributed by atoms with E-state index in [9.17, 15) is 14.4 Å². The van der Waals surface area contributed by atoms with Gasteiger partial charge in [-0.05, 0) is 42.7 Å². The van der Waals surface area contributed by atoms with Crippen LogP contribution in [0.2, 0.25) is 0 Å². The molecule has 0 spiro atoms. The van der Waals surface area contributed by atoms with Crippen molar-refractivity contribution in [1.29, 1.82) is 0 Å². The fraction of sp³-hybridized carbons (Fsp3) is 0.269. The minimum absolute atomic E-state index is 0.0394. The molecule has 0 aromatic heterocycles. The maximum Gasteiger partial charge on any atom is 0.322 e. The maximum absolute atomic E-state index is 13.4. The monoisotopic (exact) mass is 458 g/mol. The van der Waals surface area contributed by atoms with Gasteiger partial charge in [0, 0.05) is 12.6 Å². The Labute approximate surface area is 197 Å². The number of para-hydroxylation sites is 1. The molecule has 0 bridgehead atoms. The van der Waals surface area contributed by atoms with Crippen molar-refractivity contribution in [2.75, 3.05) is 19.6 Å². The standard InChI is InChI=1S/C26H26N4O4/c1-2-13-30-21-15-29(16-22(31)27-18-11-12-18)25(32)23(21)24(28-26(30)33)17-7-6-10-20(14-17)34-19-8-4-3-5-9-19/h2-10,14,18,24H,1,11-13,15-16H2,(H,27,31)(H,28,33)/t24-/m1/s1. The van der Waals surface area contributed by atoms with Crippen molar-refractivity contribution < 1.29 is 19.1 Å². The molecule has 174 valence electrons. The average Bonchev–Trinajstić information content (AvgIpc) is 3.59. The Morgan fingerprint density at radius 1 is 1.12 bits per heavy atom. The van der Waals surface area contributed by atoms with Gasteiger partial charge in [0.1, 0.15) is 18.0 Å². The Hall–Kier alpha value is -4.07. The molecule has 1 aliphatic carbocycles. The van der Waals surface area contributed by atoms with Crippen LogP contribution in [0.25, 0.3) is 0 Å². The van der Waals surface area contributed by atoms with Crippen LogP contribution in [0, 0.1) is 0 Å². The molecule has 2 aromatic rings. The largest absolute Gasteiger partial charge is 0.457 e. The van der Waals surface area contributed by atoms with Gasteiger partial charge in [0.05, 0.1) is 23.9 Å². The lowest BCUT2D eigenvalue weighted by molar-refractivity contribution is -0.132. The number of amides is 4. The molecule has 8 nitrogen and oxygen atoms in total. The summed E-state index contributed by atoms with van der Waals surface area (Å²) >= 11 is 0. The van der Waals surface area contributed by atoms with Crippen LogP contribution in [0.1, 0.15) is 24.4 Å². The molecule has 1 saturated carbocycles. The van der Waals surface area contributed by atoms with E-state index in [-0.39, 0.29) is 43.5 Å². The van der Waals surface area contributed by atoms with E-state index < -0.39 is 6.04 Å². The third-order valence-corrected chi connectivity index (χ3v) is 6.06. The van der Waals surface area contributed by atoms with Gasteiger partial charge < -0.3 is 20.3 Å². The summed E-state index contributed by atoms with van der Waals surface area (Å²) in [5.41, 5.74) is 1.80. The number of carbonyl (C=O) groups excluding carboxylic acids is 3. The molecular formula is C26H26N4O4. The Balaban J connectivity index is 1.43. The van der Waals surface area contributed by atoms with Gasteiger partial charge >= 0.3 is 6.03 Å². The molecule has 0 radical (unpaired) electrons. The van der Waals surface area contributed by atoms with E-state index in [2.05, 4.69) is 17.2 Å². The topological polar surface area (TPSA) is 91.0 Å². The number of hydrogen-bond donors (Lipinski definition) is 2. The lowest BCUT2D eigenvalue weighted by Crippen LogP contribution is -2.47. The van der Waals surface area contributed by atoms with Crippen LogP contribution in [0.5, 0.6) is 11.5 Å². The van der Waals surface area contributed by atoms with Crippen LogP contribution in [-0.2, 0) is 9.59 Å². The van der Waals surface area contributed by atoms with Gasteiger partial charge in [-0.3, -0.25) is 14.5 Å². The molecule has 1 fully saturated rings. The lowest BCUT2D eigenvalue weighted by atomic mass is 9.95. The van der Waals surface area contributed by atoms with Crippen LogP contribution in [0.15, 0.2) is 78.5 Å². The SMILES string of the molecule is C=CCN1C(=O)N[C@H](c2cccc(Oc3ccccc3)c2)C2=C1CN(CC(=O)NC1CC1)C2=O. The van der Waals surface area contributed by atoms with E-state index >= 15 is 0 Å². The van der Waals surface area contributed by atoms with Gasteiger partial charge in [0.25, 0.3) is 5.91 Å². The molecule has 2 heterocycles. The number of nitrogens with zero attached hydrogens (tertiary/aromatic N) is 2. The van der Waals surface area contributed by atoms with Gasteiger partial charge in [0.2, 0.25) is 5.91 Å². The Morgan fingerprint density at radius 2 is 1.88 bits per heavy atom. The second-order valence-electron chi connectivity index (χ2n) is 8.63. The number of benzene rings is 2. The molecule has 1 atom stereocenters. The summed E-state index contributed by atoms with van der Waals surface area (Å²) in [5, 5.41) is 5.88. The Morgan fingerprint density at radius 3 is 2.62 bits per heavy atom. The van der Waals surface area contributed by atoms with Gasteiger partial charge in [-0.15, -0.1) is 6.58 Å². The van der Waals surface area contributed by atoms with E-state index in [1.807, 2.05) is 54.6 Å². The highest BCUT2D eigenvalue weighted by atomic mass is 16.5. The zero-order valence-electron chi connectivity index (χ0n) is 18.7. The Bertz CT molecular complexity index is 1170. The Kier molecular flexibility index (Phi) is 5.79. The van der Waals surface area contributed by atoms with Crippen LogP contribution in [0.4, 0.5) is 4.79 Å². The molecular weight excluding hydrogens is 432 g/mol. The molecule has 34 heavy (non-hydrogen) atoms. The number of rotatable bonds is 8. The summed E-state index contributed by atoms with van der Waals surface area (Å²) in [6, 6.07) is 16.0. The third kappa shape index (κ3) is 4.39. The van der Waals surface area contributed by atoms with Crippen LogP contribution < -0.4 is 15.4 Å². The number of nitrogens with one attached hydrogen (secondary N) is 2. The summed E-state index contributed by atoms with van der Waals surface area (Å²) in [6.45, 7) is 4.16. The molecule has 4 amide bonds. The van der Waals surface area contributed by atoms with Gasteiger partial charge in [-0.25, -0.2) is 4.79 Å². The molecule has 0 saturated heterocycles. The molecule has 5 rings (SSSR count). The zero-order chi connectivity index (χ0) is 23.7. The first kappa shape index (κ1) is 21.8. The number of hydrogen-bond acceptors (Lipinski definition) is 4. The van der Waals surface area contributed by atoms with Gasteiger partial charge in [-0.2, -0.15) is 0 Å². The highest BCUT2D eigenvalue weighted by Crippen LogP contribution is 2.37. The van der Waals surface area contributed by atoms with Crippen LogP contribution in [-0.4, -0.2) is 53.3 Å². The molecule has 2 aliphatic heterocycles. The molecule has 0 unspecified atom stereocenters. The van der Waals surface area contributed by atoms with Crippen molar-refractivity contribution in [3.63, 3.8) is 0 Å². The maximum atomic E-state index is 13.4. The van der Waals surface area contributed by atoms with E-state index in [4.69, 9.17) is 4.74 Å². The summed E-state index contributed by atoms with van der Waals surface area (Å²) in [6.07, 6.45) is 3.57. The van der Waals surface area contributed by atoms with Gasteiger partial charge in [-0.1, -0.05) is 36.4 Å². The van der Waals surface area contributed by atoms with Crippen molar-refractivity contribution in [2.45, 2.75) is 24.9 Å². The van der Waals surface area contributed by atoms with Crippen molar-refractivity contribution in [1.82, 2.24) is 20.4 Å². The fourth-order valence-electron chi connectivity index (χ4n) is 4.30.